The van der Waals surface area contributed by atoms with Crippen molar-refractivity contribution in [3.05, 3.63) is 35.4 Å². The quantitative estimate of drug-likeness (QED) is 0.720. The fourth-order valence-corrected chi connectivity index (χ4v) is 1.62. The topological polar surface area (TPSA) is 29.5 Å². The number of fused-ring (bicyclic) bond motifs is 1. The van der Waals surface area contributed by atoms with E-state index in [0.717, 1.165) is 0 Å². The van der Waals surface area contributed by atoms with E-state index in [2.05, 4.69) is 12.1 Å². The smallest absolute Gasteiger partial charge is 0.0854 e. The Hall–Kier alpha value is -0.860. The maximum Gasteiger partial charge on any atom is 0.0854 e. The Kier molecular flexibility index (Phi) is 2.11. The van der Waals surface area contributed by atoms with Crippen LogP contribution in [0.15, 0.2) is 24.3 Å². The van der Waals surface area contributed by atoms with Gasteiger partial charge in [0.15, 0.2) is 0 Å². The molecule has 12 heavy (non-hydrogen) atoms. The molecule has 0 bridgehead atoms. The molecule has 0 spiro atoms. The van der Waals surface area contributed by atoms with E-state index in [1.54, 1.807) is 0 Å². The maximum atomic E-state index is 8.77. The van der Waals surface area contributed by atoms with Gasteiger partial charge in [0.1, 0.15) is 0 Å². The van der Waals surface area contributed by atoms with Crippen molar-refractivity contribution in [1.29, 1.82) is 0 Å². The summed E-state index contributed by atoms with van der Waals surface area (Å²) in [7, 11) is 0. The van der Waals surface area contributed by atoms with Crippen molar-refractivity contribution in [2.75, 3.05) is 6.61 Å². The molecule has 1 atom stereocenters. The average Bonchev–Trinajstić information content (AvgIpc) is 2.50. The Morgan fingerprint density at radius 2 is 2.25 bits per heavy atom. The van der Waals surface area contributed by atoms with Crippen molar-refractivity contribution in [2.24, 2.45) is 0 Å². The van der Waals surface area contributed by atoms with E-state index in [9.17, 15) is 0 Å². The molecule has 0 fully saturated rings. The molecule has 1 aromatic rings. The summed E-state index contributed by atoms with van der Waals surface area (Å²) in [6.45, 7) is 0.889. The monoisotopic (exact) mass is 164 g/mol. The third kappa shape index (κ3) is 1.24. The van der Waals surface area contributed by atoms with Crippen molar-refractivity contribution >= 4 is 0 Å². The molecule has 0 aromatic heterocycles. The molecular formula is C10H12O2. The number of benzene rings is 1. The fourth-order valence-electron chi connectivity index (χ4n) is 1.62. The minimum absolute atomic E-state index is 0.117. The van der Waals surface area contributed by atoms with Crippen LogP contribution in [0.3, 0.4) is 0 Å². The molecule has 0 saturated carbocycles. The second-order valence-corrected chi connectivity index (χ2v) is 3.01. The summed E-state index contributed by atoms with van der Waals surface area (Å²) >= 11 is 0. The van der Waals surface area contributed by atoms with Crippen LogP contribution in [0.4, 0.5) is 0 Å². The van der Waals surface area contributed by atoms with E-state index >= 15 is 0 Å². The summed E-state index contributed by atoms with van der Waals surface area (Å²) in [6, 6.07) is 8.18. The molecule has 1 aliphatic rings. The lowest BCUT2D eigenvalue weighted by Crippen LogP contribution is -1.98. The lowest BCUT2D eigenvalue weighted by Gasteiger charge is -2.07. The predicted molar refractivity (Wildman–Crippen MR) is 45.7 cm³/mol. The van der Waals surface area contributed by atoms with E-state index in [0.29, 0.717) is 13.0 Å². The van der Waals surface area contributed by atoms with Gasteiger partial charge < -0.3 is 9.84 Å². The van der Waals surface area contributed by atoms with Crippen LogP contribution >= 0.6 is 0 Å². The Morgan fingerprint density at radius 1 is 1.42 bits per heavy atom. The minimum Gasteiger partial charge on any atom is -0.396 e. The van der Waals surface area contributed by atoms with Crippen LogP contribution in [0, 0.1) is 0 Å². The molecule has 2 rings (SSSR count). The van der Waals surface area contributed by atoms with Crippen LogP contribution in [-0.4, -0.2) is 11.7 Å². The minimum atomic E-state index is 0.117. The second-order valence-electron chi connectivity index (χ2n) is 3.01. The van der Waals surface area contributed by atoms with Crippen molar-refractivity contribution in [1.82, 2.24) is 0 Å². The van der Waals surface area contributed by atoms with Crippen LogP contribution in [0.5, 0.6) is 0 Å². The lowest BCUT2D eigenvalue weighted by atomic mass is 10.0. The van der Waals surface area contributed by atoms with Gasteiger partial charge in [-0.05, 0) is 11.1 Å². The highest BCUT2D eigenvalue weighted by Crippen LogP contribution is 2.32. The fraction of sp³-hybridized carbons (Fsp3) is 0.400. The van der Waals surface area contributed by atoms with E-state index in [1.807, 2.05) is 12.1 Å². The summed E-state index contributed by atoms with van der Waals surface area (Å²) in [5.74, 6) is 0. The third-order valence-corrected chi connectivity index (χ3v) is 2.23. The lowest BCUT2D eigenvalue weighted by molar-refractivity contribution is 0.0472. The van der Waals surface area contributed by atoms with Crippen molar-refractivity contribution in [3.8, 4) is 0 Å². The van der Waals surface area contributed by atoms with Gasteiger partial charge in [-0.2, -0.15) is 0 Å². The van der Waals surface area contributed by atoms with Crippen LogP contribution in [0.2, 0.25) is 0 Å². The van der Waals surface area contributed by atoms with Gasteiger partial charge in [0, 0.05) is 13.0 Å². The molecule has 1 unspecified atom stereocenters. The normalized spacial score (nSPS) is 20.9. The van der Waals surface area contributed by atoms with E-state index in [1.165, 1.54) is 11.1 Å². The van der Waals surface area contributed by atoms with Gasteiger partial charge in [-0.3, -0.25) is 0 Å². The van der Waals surface area contributed by atoms with Gasteiger partial charge in [0.2, 0.25) is 0 Å². The molecule has 1 aliphatic heterocycles. The zero-order valence-electron chi connectivity index (χ0n) is 6.86. The zero-order valence-corrected chi connectivity index (χ0v) is 6.86. The first kappa shape index (κ1) is 7.77. The standard InChI is InChI=1S/C10H12O2/c11-6-5-10-9-4-2-1-3-8(9)7-12-10/h1-4,10-11H,5-7H2. The summed E-state index contributed by atoms with van der Waals surface area (Å²) < 4.78 is 5.50. The van der Waals surface area contributed by atoms with E-state index in [4.69, 9.17) is 9.84 Å². The highest BCUT2D eigenvalue weighted by Gasteiger charge is 2.21. The number of hydrogen-bond acceptors (Lipinski definition) is 2. The van der Waals surface area contributed by atoms with Crippen molar-refractivity contribution < 1.29 is 9.84 Å². The first-order valence-electron chi connectivity index (χ1n) is 4.22. The highest BCUT2D eigenvalue weighted by molar-refractivity contribution is 5.31. The van der Waals surface area contributed by atoms with Gasteiger partial charge in [-0.15, -0.1) is 0 Å². The number of ether oxygens (including phenoxy) is 1. The Bertz CT molecular complexity index is 268. The molecule has 1 N–H and O–H groups in total. The largest absolute Gasteiger partial charge is 0.396 e. The third-order valence-electron chi connectivity index (χ3n) is 2.23. The summed E-state index contributed by atoms with van der Waals surface area (Å²) in [5, 5.41) is 8.77. The summed E-state index contributed by atoms with van der Waals surface area (Å²) in [4.78, 5) is 0. The maximum absolute atomic E-state index is 8.77. The number of aliphatic hydroxyl groups is 1. The average molecular weight is 164 g/mol. The van der Waals surface area contributed by atoms with Crippen LogP contribution in [0.25, 0.3) is 0 Å². The van der Waals surface area contributed by atoms with Crippen LogP contribution in [0.1, 0.15) is 23.7 Å². The first-order chi connectivity index (χ1) is 5.92. The van der Waals surface area contributed by atoms with Crippen molar-refractivity contribution in [2.45, 2.75) is 19.1 Å². The Labute approximate surface area is 71.8 Å². The number of hydrogen-bond donors (Lipinski definition) is 1. The molecule has 0 aliphatic carbocycles. The molecule has 0 amide bonds. The summed E-state index contributed by atoms with van der Waals surface area (Å²) in [6.07, 6.45) is 0.822. The van der Waals surface area contributed by atoms with Gasteiger partial charge in [-0.1, -0.05) is 24.3 Å². The highest BCUT2D eigenvalue weighted by atomic mass is 16.5. The molecular weight excluding hydrogens is 152 g/mol. The van der Waals surface area contributed by atoms with Gasteiger partial charge in [0.25, 0.3) is 0 Å². The van der Waals surface area contributed by atoms with Gasteiger partial charge in [-0.25, -0.2) is 0 Å². The number of rotatable bonds is 2. The molecule has 0 radical (unpaired) electrons. The predicted octanol–water partition coefficient (Wildman–Crippen LogP) is 1.64. The SMILES string of the molecule is OCCC1OCc2ccccc21. The molecule has 64 valence electrons. The van der Waals surface area contributed by atoms with Gasteiger partial charge in [0.05, 0.1) is 12.7 Å². The molecule has 0 saturated heterocycles. The van der Waals surface area contributed by atoms with E-state index < -0.39 is 0 Å². The van der Waals surface area contributed by atoms with Crippen LogP contribution in [-0.2, 0) is 11.3 Å². The Morgan fingerprint density at radius 3 is 3.08 bits per heavy atom. The molecule has 1 aromatic carbocycles. The first-order valence-corrected chi connectivity index (χ1v) is 4.22. The molecule has 2 heteroatoms. The number of aliphatic hydroxyl groups excluding tert-OH is 1. The molecule has 1 heterocycles. The van der Waals surface area contributed by atoms with Crippen LogP contribution < -0.4 is 0 Å². The Balaban J connectivity index is 2.24. The zero-order chi connectivity index (χ0) is 8.39. The second kappa shape index (κ2) is 3.25. The molecule has 2 nitrogen and oxygen atoms in total. The summed E-state index contributed by atoms with van der Waals surface area (Å²) in [5.41, 5.74) is 2.50. The van der Waals surface area contributed by atoms with E-state index in [-0.39, 0.29) is 12.7 Å². The van der Waals surface area contributed by atoms with Gasteiger partial charge >= 0.3 is 0 Å². The van der Waals surface area contributed by atoms with Crippen molar-refractivity contribution in [3.63, 3.8) is 0 Å².